The third-order valence-electron chi connectivity index (χ3n) is 5.18. The van der Waals surface area contributed by atoms with E-state index in [1.807, 2.05) is 0 Å². The van der Waals surface area contributed by atoms with Gasteiger partial charge in [-0.3, -0.25) is 9.69 Å². The van der Waals surface area contributed by atoms with E-state index in [1.165, 1.54) is 51.6 Å². The zero-order chi connectivity index (χ0) is 12.6. The predicted octanol–water partition coefficient (Wildman–Crippen LogP) is 1.41. The molecule has 2 saturated heterocycles. The monoisotopic (exact) mass is 252 g/mol. The fraction of sp³-hybridized carbons (Fsp3) is 0.929. The van der Waals surface area contributed by atoms with Gasteiger partial charge in [-0.2, -0.15) is 0 Å². The number of hydrogen-bond acceptors (Lipinski definition) is 3. The lowest BCUT2D eigenvalue weighted by Crippen LogP contribution is -2.61. The zero-order valence-corrected chi connectivity index (χ0v) is 11.1. The van der Waals surface area contributed by atoms with Gasteiger partial charge in [0.1, 0.15) is 0 Å². The summed E-state index contributed by atoms with van der Waals surface area (Å²) in [4.78, 5) is 15.4. The molecule has 4 heteroatoms. The Morgan fingerprint density at radius 2 is 1.78 bits per heavy atom. The highest BCUT2D eigenvalue weighted by Gasteiger charge is 2.45. The standard InChI is InChI=1S/C14H24N2O2/c17-13(18)9-15-10-14(11-15)5-7-16(8-6-14)12-3-1-2-4-12/h12H,1-11H2,(H,17,18). The van der Waals surface area contributed by atoms with Crippen LogP contribution in [-0.2, 0) is 4.79 Å². The third kappa shape index (κ3) is 2.41. The molecule has 0 unspecified atom stereocenters. The molecule has 0 amide bonds. The first-order valence-electron chi connectivity index (χ1n) is 7.35. The maximum atomic E-state index is 10.6. The highest BCUT2D eigenvalue weighted by molar-refractivity contribution is 5.69. The van der Waals surface area contributed by atoms with E-state index in [0.717, 1.165) is 19.1 Å². The molecular formula is C14H24N2O2. The van der Waals surface area contributed by atoms with Crippen molar-refractivity contribution in [2.24, 2.45) is 5.41 Å². The van der Waals surface area contributed by atoms with E-state index in [-0.39, 0.29) is 6.54 Å². The number of hydrogen-bond donors (Lipinski definition) is 1. The SMILES string of the molecule is O=C(O)CN1CC2(CCN(C3CCCC3)CC2)C1. The summed E-state index contributed by atoms with van der Waals surface area (Å²) in [5.41, 5.74) is 0.463. The van der Waals surface area contributed by atoms with Gasteiger partial charge < -0.3 is 10.0 Å². The van der Waals surface area contributed by atoms with Crippen molar-refractivity contribution >= 4 is 5.97 Å². The molecule has 2 heterocycles. The minimum Gasteiger partial charge on any atom is -0.480 e. The summed E-state index contributed by atoms with van der Waals surface area (Å²) in [6.07, 6.45) is 8.19. The van der Waals surface area contributed by atoms with Gasteiger partial charge in [0.2, 0.25) is 0 Å². The number of carboxylic acid groups (broad SMARTS) is 1. The second kappa shape index (κ2) is 4.82. The van der Waals surface area contributed by atoms with Crippen LogP contribution in [0.1, 0.15) is 38.5 Å². The Morgan fingerprint density at radius 3 is 2.33 bits per heavy atom. The van der Waals surface area contributed by atoms with Crippen LogP contribution in [0.25, 0.3) is 0 Å². The van der Waals surface area contributed by atoms with Gasteiger partial charge in [0.25, 0.3) is 0 Å². The van der Waals surface area contributed by atoms with E-state index in [4.69, 9.17) is 5.11 Å². The van der Waals surface area contributed by atoms with Crippen molar-refractivity contribution in [3.63, 3.8) is 0 Å². The molecule has 0 bridgehead atoms. The van der Waals surface area contributed by atoms with E-state index in [9.17, 15) is 4.79 Å². The molecule has 0 aromatic carbocycles. The van der Waals surface area contributed by atoms with Crippen LogP contribution < -0.4 is 0 Å². The van der Waals surface area contributed by atoms with E-state index >= 15 is 0 Å². The Bertz CT molecular complexity index is 310. The number of rotatable bonds is 3. The molecule has 4 nitrogen and oxygen atoms in total. The van der Waals surface area contributed by atoms with Gasteiger partial charge in [-0.15, -0.1) is 0 Å². The highest BCUT2D eigenvalue weighted by atomic mass is 16.4. The van der Waals surface area contributed by atoms with Crippen molar-refractivity contribution < 1.29 is 9.90 Å². The number of carbonyl (C=O) groups is 1. The Labute approximate surface area is 109 Å². The molecule has 0 atom stereocenters. The summed E-state index contributed by atoms with van der Waals surface area (Å²) in [5.74, 6) is -0.687. The van der Waals surface area contributed by atoms with E-state index in [0.29, 0.717) is 5.41 Å². The first kappa shape index (κ1) is 12.4. The molecule has 1 saturated carbocycles. The van der Waals surface area contributed by atoms with Crippen LogP contribution in [0.2, 0.25) is 0 Å². The summed E-state index contributed by atoms with van der Waals surface area (Å²) in [6, 6.07) is 0.859. The smallest absolute Gasteiger partial charge is 0.317 e. The molecule has 18 heavy (non-hydrogen) atoms. The summed E-state index contributed by atoms with van der Waals surface area (Å²) in [6.45, 7) is 4.74. The number of nitrogens with zero attached hydrogens (tertiary/aromatic N) is 2. The van der Waals surface area contributed by atoms with Crippen molar-refractivity contribution in [1.29, 1.82) is 0 Å². The fourth-order valence-corrected chi connectivity index (χ4v) is 4.15. The number of aliphatic carboxylic acids is 1. The number of likely N-dealkylation sites (tertiary alicyclic amines) is 2. The summed E-state index contributed by atoms with van der Waals surface area (Å²) < 4.78 is 0. The molecule has 3 rings (SSSR count). The van der Waals surface area contributed by atoms with Gasteiger partial charge in [0, 0.05) is 19.1 Å². The molecule has 1 spiro atoms. The molecular weight excluding hydrogens is 228 g/mol. The third-order valence-corrected chi connectivity index (χ3v) is 5.18. The van der Waals surface area contributed by atoms with Crippen molar-refractivity contribution in [1.82, 2.24) is 9.80 Å². The summed E-state index contributed by atoms with van der Waals surface area (Å²) in [5, 5.41) is 8.77. The van der Waals surface area contributed by atoms with Gasteiger partial charge in [0.05, 0.1) is 6.54 Å². The first-order valence-corrected chi connectivity index (χ1v) is 7.35. The van der Waals surface area contributed by atoms with Crippen LogP contribution in [0.4, 0.5) is 0 Å². The molecule has 1 aliphatic carbocycles. The van der Waals surface area contributed by atoms with E-state index in [2.05, 4.69) is 9.80 Å². The maximum absolute atomic E-state index is 10.6. The second-order valence-electron chi connectivity index (χ2n) is 6.51. The van der Waals surface area contributed by atoms with Crippen molar-refractivity contribution in [2.45, 2.75) is 44.6 Å². The van der Waals surface area contributed by atoms with E-state index in [1.54, 1.807) is 0 Å². The molecule has 1 N–H and O–H groups in total. The largest absolute Gasteiger partial charge is 0.480 e. The average molecular weight is 252 g/mol. The minimum absolute atomic E-state index is 0.230. The van der Waals surface area contributed by atoms with Crippen LogP contribution >= 0.6 is 0 Å². The summed E-state index contributed by atoms with van der Waals surface area (Å²) in [7, 11) is 0. The minimum atomic E-state index is -0.687. The lowest BCUT2D eigenvalue weighted by atomic mass is 9.71. The highest BCUT2D eigenvalue weighted by Crippen LogP contribution is 2.41. The number of piperidine rings is 1. The van der Waals surface area contributed by atoms with Crippen LogP contribution in [0.15, 0.2) is 0 Å². The molecule has 0 radical (unpaired) electrons. The predicted molar refractivity (Wildman–Crippen MR) is 69.6 cm³/mol. The van der Waals surface area contributed by atoms with E-state index < -0.39 is 5.97 Å². The average Bonchev–Trinajstić information content (AvgIpc) is 2.80. The van der Waals surface area contributed by atoms with Crippen molar-refractivity contribution in [3.05, 3.63) is 0 Å². The van der Waals surface area contributed by atoms with Crippen LogP contribution in [0.3, 0.4) is 0 Å². The summed E-state index contributed by atoms with van der Waals surface area (Å²) >= 11 is 0. The number of carboxylic acids is 1. The first-order chi connectivity index (χ1) is 8.67. The molecule has 3 fully saturated rings. The molecule has 0 aromatic rings. The van der Waals surface area contributed by atoms with Crippen LogP contribution in [0.5, 0.6) is 0 Å². The topological polar surface area (TPSA) is 43.8 Å². The maximum Gasteiger partial charge on any atom is 0.317 e. The van der Waals surface area contributed by atoms with Gasteiger partial charge in [0.15, 0.2) is 0 Å². The van der Waals surface area contributed by atoms with Crippen molar-refractivity contribution in [3.8, 4) is 0 Å². The van der Waals surface area contributed by atoms with Crippen molar-refractivity contribution in [2.75, 3.05) is 32.7 Å². The van der Waals surface area contributed by atoms with Gasteiger partial charge in [-0.25, -0.2) is 0 Å². The Hall–Kier alpha value is -0.610. The Balaban J connectivity index is 1.45. The molecule has 0 aromatic heterocycles. The molecule has 2 aliphatic heterocycles. The fourth-order valence-electron chi connectivity index (χ4n) is 4.15. The quantitative estimate of drug-likeness (QED) is 0.825. The normalized spacial score (nSPS) is 29.6. The van der Waals surface area contributed by atoms with Gasteiger partial charge in [-0.1, -0.05) is 12.8 Å². The zero-order valence-electron chi connectivity index (χ0n) is 11.1. The molecule has 102 valence electrons. The van der Waals surface area contributed by atoms with Crippen LogP contribution in [-0.4, -0.2) is 59.6 Å². The molecule has 3 aliphatic rings. The Kier molecular flexibility index (Phi) is 3.32. The van der Waals surface area contributed by atoms with Gasteiger partial charge in [-0.05, 0) is 44.2 Å². The Morgan fingerprint density at radius 1 is 1.17 bits per heavy atom. The lowest BCUT2D eigenvalue weighted by molar-refractivity contribution is -0.143. The second-order valence-corrected chi connectivity index (χ2v) is 6.51. The van der Waals surface area contributed by atoms with Gasteiger partial charge >= 0.3 is 5.97 Å². The van der Waals surface area contributed by atoms with Crippen LogP contribution in [0, 0.1) is 5.41 Å². The lowest BCUT2D eigenvalue weighted by Gasteiger charge is -2.54.